The average molecular weight is 525 g/mol. The summed E-state index contributed by atoms with van der Waals surface area (Å²) in [5.41, 5.74) is 4.80. The van der Waals surface area contributed by atoms with Gasteiger partial charge in [0.2, 0.25) is 0 Å². The van der Waals surface area contributed by atoms with Crippen molar-refractivity contribution in [2.24, 2.45) is 0 Å². The summed E-state index contributed by atoms with van der Waals surface area (Å²) >= 11 is 0. The van der Waals surface area contributed by atoms with E-state index < -0.39 is 0 Å². The Bertz CT molecular complexity index is 1360. The van der Waals surface area contributed by atoms with Crippen molar-refractivity contribution in [3.8, 4) is 33.8 Å². The number of carbonyl (C=O) groups is 2. The molecule has 1 unspecified atom stereocenters. The lowest BCUT2D eigenvalue weighted by molar-refractivity contribution is 0.0314. The lowest BCUT2D eigenvalue weighted by Gasteiger charge is -2.13. The van der Waals surface area contributed by atoms with Gasteiger partial charge in [-0.05, 0) is 103 Å². The highest BCUT2D eigenvalue weighted by Gasteiger charge is 2.13. The minimum Gasteiger partial charge on any atom is -0.508 e. The Morgan fingerprint density at radius 3 is 1.46 bits per heavy atom. The topological polar surface area (TPSA) is 93.1 Å². The fraction of sp³-hybridized carbons (Fsp3) is 0.212. The number of esters is 2. The first-order chi connectivity index (χ1) is 18.9. The second-order valence-corrected chi connectivity index (χ2v) is 9.45. The molecule has 39 heavy (non-hydrogen) atoms. The molecule has 1 atom stereocenters. The van der Waals surface area contributed by atoms with Gasteiger partial charge in [0.25, 0.3) is 0 Å². The van der Waals surface area contributed by atoms with E-state index in [1.807, 2.05) is 55.5 Å². The van der Waals surface area contributed by atoms with E-state index in [1.165, 1.54) is 0 Å². The summed E-state index contributed by atoms with van der Waals surface area (Å²) in [7, 11) is 0. The van der Waals surface area contributed by atoms with E-state index in [0.717, 1.165) is 47.9 Å². The minimum atomic E-state index is -0.356. The molecule has 0 aromatic heterocycles. The molecule has 6 nitrogen and oxygen atoms in total. The zero-order valence-electron chi connectivity index (χ0n) is 21.9. The molecule has 0 aliphatic rings. The van der Waals surface area contributed by atoms with Gasteiger partial charge in [0, 0.05) is 0 Å². The third-order valence-electron chi connectivity index (χ3n) is 6.44. The summed E-state index contributed by atoms with van der Waals surface area (Å²) in [4.78, 5) is 24.8. The van der Waals surface area contributed by atoms with Crippen LogP contribution in [-0.2, 0) is 9.47 Å². The van der Waals surface area contributed by atoms with Gasteiger partial charge < -0.3 is 19.7 Å². The monoisotopic (exact) mass is 524 g/mol. The molecule has 0 saturated carbocycles. The number of phenolic OH excluding ortho intramolecular Hbond substituents is 2. The van der Waals surface area contributed by atoms with Crippen LogP contribution >= 0.6 is 0 Å². The molecule has 0 aliphatic heterocycles. The van der Waals surface area contributed by atoms with Crippen molar-refractivity contribution in [3.05, 3.63) is 108 Å². The van der Waals surface area contributed by atoms with Gasteiger partial charge in [-0.25, -0.2) is 9.59 Å². The summed E-state index contributed by atoms with van der Waals surface area (Å²) in [6.45, 7) is 2.21. The van der Waals surface area contributed by atoms with E-state index in [2.05, 4.69) is 0 Å². The van der Waals surface area contributed by atoms with E-state index in [-0.39, 0.29) is 29.5 Å². The maximum absolute atomic E-state index is 12.5. The summed E-state index contributed by atoms with van der Waals surface area (Å²) in [6, 6.07) is 28.2. The highest BCUT2D eigenvalue weighted by atomic mass is 16.5. The predicted molar refractivity (Wildman–Crippen MR) is 151 cm³/mol. The van der Waals surface area contributed by atoms with Gasteiger partial charge in [0.1, 0.15) is 11.5 Å². The van der Waals surface area contributed by atoms with Crippen molar-refractivity contribution in [1.82, 2.24) is 0 Å². The number of aromatic hydroxyl groups is 2. The number of hydrogen-bond donors (Lipinski definition) is 2. The summed E-state index contributed by atoms with van der Waals surface area (Å²) in [6.07, 6.45) is 2.95. The van der Waals surface area contributed by atoms with Gasteiger partial charge in [-0.15, -0.1) is 0 Å². The Kier molecular flexibility index (Phi) is 9.35. The van der Waals surface area contributed by atoms with Crippen molar-refractivity contribution in [2.45, 2.75) is 38.7 Å². The fourth-order valence-corrected chi connectivity index (χ4v) is 4.17. The van der Waals surface area contributed by atoms with Crippen LogP contribution in [0.15, 0.2) is 97.1 Å². The number of benzene rings is 4. The average Bonchev–Trinajstić information content (AvgIpc) is 2.96. The van der Waals surface area contributed by atoms with Crippen LogP contribution < -0.4 is 0 Å². The predicted octanol–water partition coefficient (Wildman–Crippen LogP) is 7.39. The SMILES string of the molecule is CC(CCCCCOC(=O)c1ccc(-c2ccc(O)cc2)cc1)OC(=O)c1ccc(-c2ccc(O)cc2)cc1. The molecule has 0 bridgehead atoms. The molecule has 4 rings (SSSR count). The molecule has 4 aromatic rings. The smallest absolute Gasteiger partial charge is 0.338 e. The Labute approximate surface area is 228 Å². The maximum Gasteiger partial charge on any atom is 0.338 e. The van der Waals surface area contributed by atoms with Crippen molar-refractivity contribution in [1.29, 1.82) is 0 Å². The van der Waals surface area contributed by atoms with Crippen LogP contribution in [0.3, 0.4) is 0 Å². The maximum atomic E-state index is 12.5. The second kappa shape index (κ2) is 13.3. The molecule has 0 amide bonds. The number of hydrogen-bond acceptors (Lipinski definition) is 6. The van der Waals surface area contributed by atoms with Crippen molar-refractivity contribution in [3.63, 3.8) is 0 Å². The number of rotatable bonds is 11. The lowest BCUT2D eigenvalue weighted by Crippen LogP contribution is -2.15. The molecule has 0 radical (unpaired) electrons. The molecule has 6 heteroatoms. The van der Waals surface area contributed by atoms with E-state index in [9.17, 15) is 19.8 Å². The molecule has 0 heterocycles. The lowest BCUT2D eigenvalue weighted by atomic mass is 10.0. The van der Waals surface area contributed by atoms with Crippen molar-refractivity contribution in [2.75, 3.05) is 6.61 Å². The normalized spacial score (nSPS) is 11.5. The Morgan fingerprint density at radius 1 is 0.590 bits per heavy atom. The van der Waals surface area contributed by atoms with Gasteiger partial charge in [-0.1, -0.05) is 48.5 Å². The minimum absolute atomic E-state index is 0.211. The van der Waals surface area contributed by atoms with Crippen LogP contribution in [0, 0.1) is 0 Å². The standard InChI is InChI=1S/C33H32O6/c1-23(39-33(37)29-12-8-25(9-13-29)27-16-20-31(35)21-17-27)5-3-2-4-22-38-32(36)28-10-6-24(7-11-28)26-14-18-30(34)19-15-26/h6-21,23,34-35H,2-5,22H2,1H3. The molecular weight excluding hydrogens is 492 g/mol. The van der Waals surface area contributed by atoms with E-state index >= 15 is 0 Å². The van der Waals surface area contributed by atoms with Gasteiger partial charge in [-0.2, -0.15) is 0 Å². The quantitative estimate of drug-likeness (QED) is 0.157. The largest absolute Gasteiger partial charge is 0.508 e. The zero-order valence-corrected chi connectivity index (χ0v) is 21.9. The molecule has 200 valence electrons. The van der Waals surface area contributed by atoms with Gasteiger partial charge >= 0.3 is 11.9 Å². The number of carbonyl (C=O) groups excluding carboxylic acids is 2. The second-order valence-electron chi connectivity index (χ2n) is 9.45. The van der Waals surface area contributed by atoms with E-state index in [0.29, 0.717) is 17.7 Å². The van der Waals surface area contributed by atoms with Gasteiger partial charge in [-0.3, -0.25) is 0 Å². The summed E-state index contributed by atoms with van der Waals surface area (Å²) in [5, 5.41) is 18.9. The van der Waals surface area contributed by atoms with Crippen molar-refractivity contribution >= 4 is 11.9 Å². The summed E-state index contributed by atoms with van der Waals surface area (Å²) in [5.74, 6) is -0.289. The molecule has 0 fully saturated rings. The fourth-order valence-electron chi connectivity index (χ4n) is 4.17. The Hall–Kier alpha value is -4.58. The first-order valence-electron chi connectivity index (χ1n) is 13.1. The van der Waals surface area contributed by atoms with Crippen LogP contribution in [-0.4, -0.2) is 34.9 Å². The van der Waals surface area contributed by atoms with Crippen LogP contribution in [0.2, 0.25) is 0 Å². The zero-order chi connectivity index (χ0) is 27.6. The molecule has 4 aromatic carbocycles. The first kappa shape index (κ1) is 27.5. The van der Waals surface area contributed by atoms with E-state index in [4.69, 9.17) is 9.47 Å². The molecule has 0 spiro atoms. The van der Waals surface area contributed by atoms with E-state index in [1.54, 1.807) is 48.5 Å². The number of ether oxygens (including phenoxy) is 2. The molecule has 2 N–H and O–H groups in total. The number of phenols is 2. The van der Waals surface area contributed by atoms with Crippen LogP contribution in [0.1, 0.15) is 53.3 Å². The Balaban J connectivity index is 1.12. The van der Waals surface area contributed by atoms with Gasteiger partial charge in [0.05, 0.1) is 23.8 Å². The van der Waals surface area contributed by atoms with Crippen LogP contribution in [0.25, 0.3) is 22.3 Å². The third kappa shape index (κ3) is 7.95. The molecule has 0 aliphatic carbocycles. The Morgan fingerprint density at radius 2 is 1.00 bits per heavy atom. The summed E-state index contributed by atoms with van der Waals surface area (Å²) < 4.78 is 11.0. The molecular formula is C33H32O6. The molecule has 0 saturated heterocycles. The first-order valence-corrected chi connectivity index (χ1v) is 13.1. The highest BCUT2D eigenvalue weighted by molar-refractivity contribution is 5.90. The number of unbranched alkanes of at least 4 members (excludes halogenated alkanes) is 2. The van der Waals surface area contributed by atoms with Crippen molar-refractivity contribution < 1.29 is 29.3 Å². The van der Waals surface area contributed by atoms with Crippen LogP contribution in [0.5, 0.6) is 11.5 Å². The van der Waals surface area contributed by atoms with Gasteiger partial charge in [0.15, 0.2) is 0 Å². The van der Waals surface area contributed by atoms with Crippen LogP contribution in [0.4, 0.5) is 0 Å². The third-order valence-corrected chi connectivity index (χ3v) is 6.44. The highest BCUT2D eigenvalue weighted by Crippen LogP contribution is 2.24.